The second-order valence-corrected chi connectivity index (χ2v) is 21.6. The predicted molar refractivity (Wildman–Crippen MR) is 201 cm³/mol. The summed E-state index contributed by atoms with van der Waals surface area (Å²) < 4.78 is 19.8. The molecule has 0 aliphatic heterocycles. The number of nitrogens with zero attached hydrogens (tertiary/aromatic N) is 4. The number of aliphatic hydroxyl groups is 1. The molecule has 1 heterocycles. The van der Waals surface area contributed by atoms with Gasteiger partial charge in [0, 0.05) is 43.4 Å². The van der Waals surface area contributed by atoms with Crippen molar-refractivity contribution in [3.05, 3.63) is 87.4 Å². The van der Waals surface area contributed by atoms with Gasteiger partial charge in [-0.1, -0.05) is 57.2 Å². The Hall–Kier alpha value is -3.77. The van der Waals surface area contributed by atoms with Gasteiger partial charge in [-0.25, -0.2) is 0 Å². The number of aryl methyl sites for hydroxylation is 1. The van der Waals surface area contributed by atoms with E-state index in [0.717, 1.165) is 22.4 Å². The predicted octanol–water partition coefficient (Wildman–Crippen LogP) is 6.86. The molecule has 51 heavy (non-hydrogen) atoms. The molecule has 0 spiro atoms. The van der Waals surface area contributed by atoms with Gasteiger partial charge in [0.25, 0.3) is 5.88 Å². The summed E-state index contributed by atoms with van der Waals surface area (Å²) in [5, 5.41) is 17.0. The number of rotatable bonds is 9. The number of benzene rings is 2. The van der Waals surface area contributed by atoms with E-state index in [1.807, 2.05) is 95.4 Å². The zero-order valence-electron chi connectivity index (χ0n) is 32.2. The molecule has 0 fully saturated rings. The molecule has 0 saturated carbocycles. The summed E-state index contributed by atoms with van der Waals surface area (Å²) in [4.78, 5) is 36.9. The second-order valence-electron chi connectivity index (χ2n) is 16.8. The lowest BCUT2D eigenvalue weighted by Gasteiger charge is -2.58. The van der Waals surface area contributed by atoms with Crippen LogP contribution in [0.3, 0.4) is 0 Å². The van der Waals surface area contributed by atoms with Gasteiger partial charge in [-0.3, -0.25) is 14.5 Å². The average Bonchev–Trinajstić information content (AvgIpc) is 3.46. The fraction of sp³-hybridized carbons (Fsp3) is 0.525. The maximum Gasteiger partial charge on any atom is 0.265 e. The maximum atomic E-state index is 15.7. The van der Waals surface area contributed by atoms with Gasteiger partial charge in [0.05, 0.1) is 6.04 Å². The number of fused-ring (bicyclic) bond motifs is 4. The van der Waals surface area contributed by atoms with Crippen LogP contribution in [0.5, 0.6) is 5.88 Å². The standard InChI is InChI=1S/C40H54N4O6Si/c1-23-18-19-28(43(7)8)26-20-25-27(21-42(5)6)32-33(44(9)10)35-31(38(41-49-35)48-22-24-16-14-13-15-17-24)37(47)40(32,50-51(11,12)39(2,3)4)36(46)30(25)34(45)29(23)26/h13-19,25,27,32-33,46H,20-22H2,1-12H3/t25-,27+,32-,33-,40-/m0/s1. The van der Waals surface area contributed by atoms with Gasteiger partial charge in [0.2, 0.25) is 5.78 Å². The minimum absolute atomic E-state index is 0.0539. The molecular weight excluding hydrogens is 661 g/mol. The molecule has 0 radical (unpaired) electrons. The molecule has 0 bridgehead atoms. The molecule has 0 unspecified atom stereocenters. The van der Waals surface area contributed by atoms with Crippen molar-refractivity contribution < 1.29 is 28.4 Å². The molecular formula is C40H54N4O6Si. The molecule has 0 saturated heterocycles. The van der Waals surface area contributed by atoms with E-state index < -0.39 is 31.7 Å². The van der Waals surface area contributed by atoms with Crippen LogP contribution < -0.4 is 9.64 Å². The van der Waals surface area contributed by atoms with Gasteiger partial charge in [-0.2, -0.15) is 0 Å². The van der Waals surface area contributed by atoms with Gasteiger partial charge in [0.15, 0.2) is 25.5 Å². The zero-order chi connectivity index (χ0) is 37.4. The van der Waals surface area contributed by atoms with Crippen molar-refractivity contribution >= 4 is 25.6 Å². The minimum Gasteiger partial charge on any atom is -0.508 e. The lowest BCUT2D eigenvalue weighted by Crippen LogP contribution is -2.68. The van der Waals surface area contributed by atoms with Gasteiger partial charge in [-0.05, 0) is 99.4 Å². The highest BCUT2D eigenvalue weighted by atomic mass is 28.4. The number of allylic oxidation sites excluding steroid dienone is 1. The van der Waals surface area contributed by atoms with Gasteiger partial charge < -0.3 is 28.6 Å². The first kappa shape index (κ1) is 37.0. The molecule has 1 aromatic heterocycles. The lowest BCUT2D eigenvalue weighted by molar-refractivity contribution is -0.0777. The lowest BCUT2D eigenvalue weighted by atomic mass is 9.53. The number of ether oxygens (including phenoxy) is 1. The third-order valence-corrected chi connectivity index (χ3v) is 16.2. The topological polar surface area (TPSA) is 109 Å². The van der Waals surface area contributed by atoms with E-state index in [9.17, 15) is 5.11 Å². The Morgan fingerprint density at radius 3 is 2.25 bits per heavy atom. The summed E-state index contributed by atoms with van der Waals surface area (Å²) in [6.07, 6.45) is 0.532. The molecule has 0 amide bonds. The second kappa shape index (κ2) is 13.0. The normalized spacial score (nSPS) is 24.7. The summed E-state index contributed by atoms with van der Waals surface area (Å²) >= 11 is 0. The third kappa shape index (κ3) is 5.86. The third-order valence-electron chi connectivity index (χ3n) is 11.7. The van der Waals surface area contributed by atoms with Gasteiger partial charge in [-0.15, -0.1) is 0 Å². The molecule has 11 heteroatoms. The number of aromatic nitrogens is 1. The van der Waals surface area contributed by atoms with Crippen LogP contribution >= 0.6 is 0 Å². The number of carbonyl (C=O) groups excluding carboxylic acids is 2. The van der Waals surface area contributed by atoms with Crippen molar-refractivity contribution in [3.8, 4) is 5.88 Å². The fourth-order valence-electron chi connectivity index (χ4n) is 8.40. The molecule has 274 valence electrons. The molecule has 3 aromatic rings. The Labute approximate surface area is 303 Å². The summed E-state index contributed by atoms with van der Waals surface area (Å²) in [7, 11) is 9.03. The summed E-state index contributed by atoms with van der Waals surface area (Å²) in [5.41, 5.74) is 2.81. The first-order valence-electron chi connectivity index (χ1n) is 17.8. The molecule has 5 atom stereocenters. The van der Waals surface area contributed by atoms with Crippen molar-refractivity contribution in [1.82, 2.24) is 15.0 Å². The zero-order valence-corrected chi connectivity index (χ0v) is 33.2. The maximum absolute atomic E-state index is 15.7. The van der Waals surface area contributed by atoms with E-state index >= 15 is 9.59 Å². The van der Waals surface area contributed by atoms with Crippen molar-refractivity contribution in [2.75, 3.05) is 53.7 Å². The molecule has 1 N–H and O–H groups in total. The van der Waals surface area contributed by atoms with E-state index in [1.165, 1.54) is 0 Å². The minimum atomic E-state index is -2.86. The molecule has 10 nitrogen and oxygen atoms in total. The summed E-state index contributed by atoms with van der Waals surface area (Å²) in [6, 6.07) is 13.1. The Kier molecular flexibility index (Phi) is 9.44. The van der Waals surface area contributed by atoms with Crippen LogP contribution in [0.25, 0.3) is 0 Å². The average molecular weight is 715 g/mol. The molecule has 3 aliphatic rings. The number of hydrogen-bond donors (Lipinski definition) is 1. The highest BCUT2D eigenvalue weighted by Gasteiger charge is 2.70. The van der Waals surface area contributed by atoms with Crippen LogP contribution in [-0.2, 0) is 17.5 Å². The molecule has 3 aliphatic carbocycles. The molecule has 2 aromatic carbocycles. The Morgan fingerprint density at radius 2 is 1.67 bits per heavy atom. The number of ketones is 2. The first-order chi connectivity index (χ1) is 23.8. The van der Waals surface area contributed by atoms with Crippen molar-refractivity contribution in [3.63, 3.8) is 0 Å². The van der Waals surface area contributed by atoms with Crippen LogP contribution in [0.15, 0.2) is 58.3 Å². The van der Waals surface area contributed by atoms with Crippen molar-refractivity contribution in [1.29, 1.82) is 0 Å². The smallest absolute Gasteiger partial charge is 0.265 e. The number of carbonyl (C=O) groups is 2. The Balaban J connectivity index is 1.67. The quantitative estimate of drug-likeness (QED) is 0.236. The van der Waals surface area contributed by atoms with Crippen LogP contribution in [0.1, 0.15) is 70.0 Å². The number of hydrogen-bond acceptors (Lipinski definition) is 10. The van der Waals surface area contributed by atoms with E-state index in [4.69, 9.17) is 13.7 Å². The summed E-state index contributed by atoms with van der Waals surface area (Å²) in [6.45, 7) is 13.2. The Morgan fingerprint density at radius 1 is 1.00 bits per heavy atom. The first-order valence-corrected chi connectivity index (χ1v) is 20.7. The van der Waals surface area contributed by atoms with E-state index in [1.54, 1.807) is 0 Å². The van der Waals surface area contributed by atoms with Gasteiger partial charge in [0.1, 0.15) is 17.9 Å². The van der Waals surface area contributed by atoms with E-state index in [-0.39, 0.29) is 52.0 Å². The summed E-state index contributed by atoms with van der Waals surface area (Å²) in [5.74, 6) is -1.87. The fourth-order valence-corrected chi connectivity index (χ4v) is 9.84. The van der Waals surface area contributed by atoms with Crippen LogP contribution in [-0.4, -0.2) is 94.4 Å². The highest BCUT2D eigenvalue weighted by molar-refractivity contribution is 6.74. The van der Waals surface area contributed by atoms with Gasteiger partial charge >= 0.3 is 0 Å². The highest BCUT2D eigenvalue weighted by Crippen LogP contribution is 2.61. The van der Waals surface area contributed by atoms with Crippen LogP contribution in [0, 0.1) is 24.7 Å². The monoisotopic (exact) mass is 714 g/mol. The van der Waals surface area contributed by atoms with Crippen LogP contribution in [0.2, 0.25) is 18.1 Å². The SMILES string of the molecule is Cc1ccc(N(C)C)c2c1C(=O)C1=C(O)[C@]3(O[Si](C)(C)C(C)(C)C)C(=O)c4c(OCc5ccccc5)noc4[C@@H](N(C)C)[C@@H]3[C@H](CN(C)C)[C@@H]1C2. The van der Waals surface area contributed by atoms with E-state index in [0.29, 0.717) is 24.3 Å². The number of aliphatic hydroxyl groups excluding tert-OH is 1. The Bertz CT molecular complexity index is 1870. The number of Topliss-reactive ketones (excluding diaryl/α,β-unsaturated/α-hetero) is 2. The van der Waals surface area contributed by atoms with Crippen LogP contribution in [0.4, 0.5) is 5.69 Å². The van der Waals surface area contributed by atoms with Crippen molar-refractivity contribution in [2.24, 2.45) is 17.8 Å². The van der Waals surface area contributed by atoms with Crippen molar-refractivity contribution in [2.45, 2.75) is 70.5 Å². The van der Waals surface area contributed by atoms with E-state index in [2.05, 4.69) is 50.0 Å². The molecule has 6 rings (SSSR count). The largest absolute Gasteiger partial charge is 0.508 e. The number of anilines is 1.